The molecule has 1 heterocycles. The molecule has 1 unspecified atom stereocenters. The first kappa shape index (κ1) is 18.6. The summed E-state index contributed by atoms with van der Waals surface area (Å²) in [7, 11) is 0. The number of carbonyl (C=O) groups excluding carboxylic acids is 1. The number of rotatable bonds is 5. The van der Waals surface area contributed by atoms with E-state index >= 15 is 0 Å². The summed E-state index contributed by atoms with van der Waals surface area (Å²) < 4.78 is 16.2. The zero-order valence-electron chi connectivity index (χ0n) is 14.9. The highest BCUT2D eigenvalue weighted by molar-refractivity contribution is 5.68. The van der Waals surface area contributed by atoms with Crippen LogP contribution < -0.4 is 15.5 Å². The van der Waals surface area contributed by atoms with Crippen molar-refractivity contribution in [3.8, 4) is 5.75 Å². The molecule has 6 heteroatoms. The van der Waals surface area contributed by atoms with Gasteiger partial charge >= 0.3 is 6.09 Å². The SMILES string of the molecule is Cc1occc(=O)c1OC(Cc1ccccc1)NC(=O)OC(C)(C)C. The maximum absolute atomic E-state index is 12.1. The Morgan fingerprint density at radius 2 is 1.88 bits per heavy atom. The smallest absolute Gasteiger partial charge is 0.410 e. The van der Waals surface area contributed by atoms with Gasteiger partial charge in [-0.15, -0.1) is 0 Å². The average molecular weight is 345 g/mol. The van der Waals surface area contributed by atoms with Crippen molar-refractivity contribution in [2.24, 2.45) is 0 Å². The Kier molecular flexibility index (Phi) is 5.85. The lowest BCUT2D eigenvalue weighted by atomic mass is 10.1. The molecule has 0 aliphatic rings. The molecular weight excluding hydrogens is 322 g/mol. The molecule has 0 aliphatic carbocycles. The van der Waals surface area contributed by atoms with Crippen molar-refractivity contribution >= 4 is 6.09 Å². The normalized spacial score (nSPS) is 12.3. The van der Waals surface area contributed by atoms with Crippen molar-refractivity contribution in [2.75, 3.05) is 0 Å². The van der Waals surface area contributed by atoms with Gasteiger partial charge in [-0.1, -0.05) is 30.3 Å². The summed E-state index contributed by atoms with van der Waals surface area (Å²) in [5.74, 6) is 0.413. The second kappa shape index (κ2) is 7.88. The standard InChI is InChI=1S/C19H23NO5/c1-13-17(15(21)10-11-23-13)24-16(12-14-8-6-5-7-9-14)20-18(22)25-19(2,3)4/h5-11,16H,12H2,1-4H3,(H,20,22). The quantitative estimate of drug-likeness (QED) is 0.840. The average Bonchev–Trinajstić information content (AvgIpc) is 2.50. The topological polar surface area (TPSA) is 77.8 Å². The number of alkyl carbamates (subject to hydrolysis) is 1. The number of hydrogen-bond donors (Lipinski definition) is 1. The summed E-state index contributed by atoms with van der Waals surface area (Å²) in [5.41, 5.74) is -0.00220. The molecule has 25 heavy (non-hydrogen) atoms. The number of amides is 1. The lowest BCUT2D eigenvalue weighted by molar-refractivity contribution is 0.0389. The fraction of sp³-hybridized carbons (Fsp3) is 0.368. The Bertz CT molecular complexity index is 761. The number of ether oxygens (including phenoxy) is 2. The van der Waals surface area contributed by atoms with Crippen LogP contribution in [-0.2, 0) is 11.2 Å². The van der Waals surface area contributed by atoms with Crippen molar-refractivity contribution in [1.82, 2.24) is 5.32 Å². The lowest BCUT2D eigenvalue weighted by Gasteiger charge is -2.24. The Labute approximate surface area is 146 Å². The van der Waals surface area contributed by atoms with Crippen molar-refractivity contribution in [3.05, 3.63) is 64.2 Å². The number of hydrogen-bond acceptors (Lipinski definition) is 5. The minimum Gasteiger partial charge on any atom is -0.465 e. The number of nitrogens with one attached hydrogen (secondary N) is 1. The summed E-state index contributed by atoms with van der Waals surface area (Å²) in [6.45, 7) is 6.95. The van der Waals surface area contributed by atoms with Gasteiger partial charge in [-0.3, -0.25) is 10.1 Å². The predicted molar refractivity (Wildman–Crippen MR) is 93.6 cm³/mol. The molecule has 1 aromatic heterocycles. The van der Waals surface area contributed by atoms with Gasteiger partial charge in [-0.25, -0.2) is 4.79 Å². The largest absolute Gasteiger partial charge is 0.465 e. The minimum atomic E-state index is -0.777. The molecule has 0 spiro atoms. The van der Waals surface area contributed by atoms with Gasteiger partial charge in [0, 0.05) is 12.5 Å². The van der Waals surface area contributed by atoms with E-state index in [0.29, 0.717) is 12.2 Å². The van der Waals surface area contributed by atoms with Crippen LogP contribution in [0.15, 0.2) is 51.9 Å². The molecule has 2 aromatic rings. The van der Waals surface area contributed by atoms with Gasteiger partial charge in [-0.05, 0) is 33.3 Å². The Balaban J connectivity index is 2.19. The molecule has 0 bridgehead atoms. The lowest BCUT2D eigenvalue weighted by Crippen LogP contribution is -2.44. The highest BCUT2D eigenvalue weighted by Gasteiger charge is 2.22. The maximum atomic E-state index is 12.1. The van der Waals surface area contributed by atoms with Gasteiger partial charge in [0.25, 0.3) is 0 Å². The van der Waals surface area contributed by atoms with Gasteiger partial charge in [-0.2, -0.15) is 0 Å². The summed E-state index contributed by atoms with van der Waals surface area (Å²) >= 11 is 0. The van der Waals surface area contributed by atoms with Crippen LogP contribution in [0.2, 0.25) is 0 Å². The third-order valence-corrected chi connectivity index (χ3v) is 3.21. The molecule has 1 N–H and O–H groups in total. The van der Waals surface area contributed by atoms with E-state index in [4.69, 9.17) is 13.9 Å². The Morgan fingerprint density at radius 3 is 2.48 bits per heavy atom. The summed E-state index contributed by atoms with van der Waals surface area (Å²) in [6, 6.07) is 10.8. The monoisotopic (exact) mass is 345 g/mol. The van der Waals surface area contributed by atoms with Gasteiger partial charge in [0.2, 0.25) is 11.2 Å². The number of benzene rings is 1. The fourth-order valence-corrected chi connectivity index (χ4v) is 2.17. The molecule has 2 rings (SSSR count). The van der Waals surface area contributed by atoms with Crippen LogP contribution in [0.1, 0.15) is 32.1 Å². The summed E-state index contributed by atoms with van der Waals surface area (Å²) in [6.07, 6.45) is 0.277. The molecule has 0 saturated carbocycles. The number of aryl methyl sites for hydroxylation is 1. The minimum absolute atomic E-state index is 0.0690. The molecule has 0 radical (unpaired) electrons. The zero-order chi connectivity index (χ0) is 18.4. The highest BCUT2D eigenvalue weighted by Crippen LogP contribution is 2.15. The van der Waals surface area contributed by atoms with E-state index < -0.39 is 17.9 Å². The summed E-state index contributed by atoms with van der Waals surface area (Å²) in [5, 5.41) is 2.66. The first-order chi connectivity index (χ1) is 11.7. The van der Waals surface area contributed by atoms with Crippen LogP contribution in [0.5, 0.6) is 5.75 Å². The van der Waals surface area contributed by atoms with Crippen molar-refractivity contribution in [3.63, 3.8) is 0 Å². The van der Waals surface area contributed by atoms with Crippen LogP contribution in [0.4, 0.5) is 4.79 Å². The van der Waals surface area contributed by atoms with Crippen LogP contribution >= 0.6 is 0 Å². The van der Waals surface area contributed by atoms with E-state index in [-0.39, 0.29) is 11.2 Å². The number of carbonyl (C=O) groups is 1. The van der Waals surface area contributed by atoms with Crippen molar-refractivity contribution in [1.29, 1.82) is 0 Å². The molecular formula is C19H23NO5. The van der Waals surface area contributed by atoms with Gasteiger partial charge in [0.15, 0.2) is 6.23 Å². The Morgan fingerprint density at radius 1 is 1.20 bits per heavy atom. The molecule has 0 fully saturated rings. The third kappa shape index (κ3) is 5.99. The third-order valence-electron chi connectivity index (χ3n) is 3.21. The summed E-state index contributed by atoms with van der Waals surface area (Å²) in [4.78, 5) is 24.1. The molecule has 6 nitrogen and oxygen atoms in total. The molecule has 1 atom stereocenters. The van der Waals surface area contributed by atoms with Crippen molar-refractivity contribution in [2.45, 2.75) is 45.9 Å². The fourth-order valence-electron chi connectivity index (χ4n) is 2.17. The van der Waals surface area contributed by atoms with E-state index in [1.165, 1.54) is 12.3 Å². The maximum Gasteiger partial charge on any atom is 0.410 e. The van der Waals surface area contributed by atoms with E-state index in [9.17, 15) is 9.59 Å². The Hall–Kier alpha value is -2.76. The first-order valence-corrected chi connectivity index (χ1v) is 8.03. The van der Waals surface area contributed by atoms with Crippen LogP contribution in [0, 0.1) is 6.92 Å². The molecule has 0 saturated heterocycles. The molecule has 134 valence electrons. The molecule has 1 amide bonds. The van der Waals surface area contributed by atoms with E-state index in [2.05, 4.69) is 5.32 Å². The first-order valence-electron chi connectivity index (χ1n) is 8.03. The zero-order valence-corrected chi connectivity index (χ0v) is 14.9. The second-order valence-corrected chi connectivity index (χ2v) is 6.61. The molecule has 0 aliphatic heterocycles. The highest BCUT2D eigenvalue weighted by atomic mass is 16.6. The predicted octanol–water partition coefficient (Wildman–Crippen LogP) is 3.42. The second-order valence-electron chi connectivity index (χ2n) is 6.61. The van der Waals surface area contributed by atoms with Gasteiger partial charge in [0.1, 0.15) is 11.4 Å². The van der Waals surface area contributed by atoms with Gasteiger partial charge < -0.3 is 13.9 Å². The van der Waals surface area contributed by atoms with E-state index in [1.807, 2.05) is 30.3 Å². The van der Waals surface area contributed by atoms with Crippen LogP contribution in [0.25, 0.3) is 0 Å². The molecule has 1 aromatic carbocycles. The van der Waals surface area contributed by atoms with Crippen LogP contribution in [-0.4, -0.2) is 17.9 Å². The van der Waals surface area contributed by atoms with Gasteiger partial charge in [0.05, 0.1) is 6.26 Å². The van der Waals surface area contributed by atoms with E-state index in [0.717, 1.165) is 5.56 Å². The van der Waals surface area contributed by atoms with Crippen LogP contribution in [0.3, 0.4) is 0 Å². The van der Waals surface area contributed by atoms with Crippen molar-refractivity contribution < 1.29 is 18.7 Å². The van der Waals surface area contributed by atoms with E-state index in [1.54, 1.807) is 27.7 Å².